The number of benzene rings is 2. The van der Waals surface area contributed by atoms with Gasteiger partial charge in [0.05, 0.1) is 12.2 Å². The van der Waals surface area contributed by atoms with Gasteiger partial charge >= 0.3 is 11.8 Å². The molecule has 0 radical (unpaired) electrons. The van der Waals surface area contributed by atoms with Crippen molar-refractivity contribution < 1.29 is 14.5 Å². The normalized spacial score (nSPS) is 10.4. The van der Waals surface area contributed by atoms with E-state index in [9.17, 15) is 19.7 Å². The number of ether oxygens (including phenoxy) is 1. The van der Waals surface area contributed by atoms with Crippen LogP contribution < -0.4 is 5.43 Å². The van der Waals surface area contributed by atoms with Gasteiger partial charge in [0, 0.05) is 27.1 Å². The molecule has 1 N–H and O–H groups in total. The van der Waals surface area contributed by atoms with E-state index in [1.165, 1.54) is 17.5 Å². The van der Waals surface area contributed by atoms with Crippen LogP contribution in [0.5, 0.6) is 0 Å². The molecule has 0 spiro atoms. The maximum Gasteiger partial charge on any atom is 0.340 e. The Balaban J connectivity index is 0.000000224. The molecule has 8 nitrogen and oxygen atoms in total. The van der Waals surface area contributed by atoms with Crippen molar-refractivity contribution >= 4 is 43.3 Å². The van der Waals surface area contributed by atoms with Gasteiger partial charge in [0.1, 0.15) is 6.20 Å². The highest BCUT2D eigenvalue weighted by atomic mass is 32.1. The SMILES string of the molecule is CCOC(=O)c1ccc2c(=O)c3ccccc3sc2c1.Cc1ncc([N+](=O)[O-])[nH]1. The zero-order valence-corrected chi connectivity index (χ0v) is 16.5. The summed E-state index contributed by atoms with van der Waals surface area (Å²) in [5, 5.41) is 11.3. The van der Waals surface area contributed by atoms with Gasteiger partial charge in [-0.25, -0.2) is 14.8 Å². The number of fused-ring (bicyclic) bond motifs is 2. The van der Waals surface area contributed by atoms with Gasteiger partial charge in [-0.3, -0.25) is 4.79 Å². The van der Waals surface area contributed by atoms with Crippen molar-refractivity contribution in [3.05, 3.63) is 80.4 Å². The number of carbonyl (C=O) groups is 1. The Labute approximate surface area is 168 Å². The molecule has 4 aromatic rings. The lowest BCUT2D eigenvalue weighted by Gasteiger charge is -2.04. The molecule has 2 aromatic carbocycles. The number of hydrogen-bond acceptors (Lipinski definition) is 7. The molecule has 0 saturated heterocycles. The fourth-order valence-corrected chi connectivity index (χ4v) is 3.75. The predicted molar refractivity (Wildman–Crippen MR) is 112 cm³/mol. The standard InChI is InChI=1S/C16H12O3S.C4H5N3O2/c1-2-19-16(18)10-7-8-12-14(9-10)20-13-6-4-3-5-11(13)15(12)17;1-3-5-2-4(6-3)7(8)9/h3-9H,2H2,1H3;2H,1H3,(H,5,6). The number of aromatic amines is 1. The summed E-state index contributed by atoms with van der Waals surface area (Å²) in [6.45, 7) is 3.77. The Hall–Kier alpha value is -3.59. The molecule has 9 heteroatoms. The first-order valence-electron chi connectivity index (χ1n) is 8.69. The summed E-state index contributed by atoms with van der Waals surface area (Å²) in [5.74, 6) is 0.136. The van der Waals surface area contributed by atoms with E-state index in [2.05, 4.69) is 9.97 Å². The van der Waals surface area contributed by atoms with Gasteiger partial charge in [0.15, 0.2) is 11.3 Å². The van der Waals surface area contributed by atoms with Gasteiger partial charge in [0.25, 0.3) is 0 Å². The summed E-state index contributed by atoms with van der Waals surface area (Å²) in [7, 11) is 0. The summed E-state index contributed by atoms with van der Waals surface area (Å²) < 4.78 is 6.71. The monoisotopic (exact) mass is 411 g/mol. The fourth-order valence-electron chi connectivity index (χ4n) is 2.64. The van der Waals surface area contributed by atoms with Crippen LogP contribution in [-0.4, -0.2) is 27.5 Å². The topological polar surface area (TPSA) is 115 Å². The fraction of sp³-hybridized carbons (Fsp3) is 0.150. The highest BCUT2D eigenvalue weighted by molar-refractivity contribution is 7.24. The second kappa shape index (κ2) is 8.61. The molecule has 4 rings (SSSR count). The maximum atomic E-state index is 12.4. The summed E-state index contributed by atoms with van der Waals surface area (Å²) in [4.78, 5) is 39.7. The molecule has 0 atom stereocenters. The van der Waals surface area contributed by atoms with Crippen LogP contribution in [0.15, 0.2) is 53.5 Å². The third-order valence-corrected chi connectivity index (χ3v) is 5.11. The van der Waals surface area contributed by atoms with Crippen molar-refractivity contribution in [2.75, 3.05) is 6.61 Å². The zero-order valence-electron chi connectivity index (χ0n) is 15.7. The van der Waals surface area contributed by atoms with Crippen LogP contribution >= 0.6 is 11.3 Å². The van der Waals surface area contributed by atoms with E-state index in [0.29, 0.717) is 28.8 Å². The van der Waals surface area contributed by atoms with E-state index < -0.39 is 4.92 Å². The Kier molecular flexibility index (Phi) is 5.99. The minimum Gasteiger partial charge on any atom is -0.462 e. The number of esters is 1. The first kappa shape index (κ1) is 20.2. The van der Waals surface area contributed by atoms with Crippen molar-refractivity contribution in [2.24, 2.45) is 0 Å². The van der Waals surface area contributed by atoms with Crippen LogP contribution in [-0.2, 0) is 4.74 Å². The molecule has 0 fully saturated rings. The molecule has 0 aliphatic heterocycles. The number of hydrogen-bond donors (Lipinski definition) is 1. The van der Waals surface area contributed by atoms with E-state index in [1.54, 1.807) is 32.0 Å². The van der Waals surface area contributed by atoms with Crippen molar-refractivity contribution in [1.82, 2.24) is 9.97 Å². The number of imidazole rings is 1. The molecule has 0 saturated carbocycles. The first-order chi connectivity index (χ1) is 13.9. The first-order valence-corrected chi connectivity index (χ1v) is 9.51. The molecule has 29 heavy (non-hydrogen) atoms. The van der Waals surface area contributed by atoms with Gasteiger partial charge in [0.2, 0.25) is 0 Å². The van der Waals surface area contributed by atoms with E-state index in [1.807, 2.05) is 24.3 Å². The lowest BCUT2D eigenvalue weighted by molar-refractivity contribution is -0.389. The lowest BCUT2D eigenvalue weighted by Crippen LogP contribution is -2.06. The summed E-state index contributed by atoms with van der Waals surface area (Å²) in [6.07, 6.45) is 1.19. The average Bonchev–Trinajstić information content (AvgIpc) is 3.15. The number of aromatic nitrogens is 2. The van der Waals surface area contributed by atoms with Crippen LogP contribution in [0.2, 0.25) is 0 Å². The van der Waals surface area contributed by atoms with Crippen molar-refractivity contribution in [1.29, 1.82) is 0 Å². The molecule has 2 heterocycles. The van der Waals surface area contributed by atoms with Gasteiger partial charge < -0.3 is 14.9 Å². The Morgan fingerprint density at radius 3 is 2.55 bits per heavy atom. The molecule has 2 aromatic heterocycles. The second-order valence-electron chi connectivity index (χ2n) is 5.97. The molecular formula is C20H17N3O5S. The van der Waals surface area contributed by atoms with Crippen LogP contribution in [0, 0.1) is 17.0 Å². The minimum absolute atomic E-state index is 0.00441. The van der Waals surface area contributed by atoms with Crippen molar-refractivity contribution in [3.63, 3.8) is 0 Å². The molecule has 0 bridgehead atoms. The molecular weight excluding hydrogens is 394 g/mol. The molecule has 148 valence electrons. The zero-order chi connectivity index (χ0) is 21.0. The number of nitrogens with zero attached hydrogens (tertiary/aromatic N) is 2. The van der Waals surface area contributed by atoms with Crippen LogP contribution in [0.1, 0.15) is 23.1 Å². The van der Waals surface area contributed by atoms with E-state index in [-0.39, 0.29) is 17.2 Å². The molecule has 0 aliphatic carbocycles. The third-order valence-electron chi connectivity index (χ3n) is 3.98. The van der Waals surface area contributed by atoms with Gasteiger partial charge in [-0.2, -0.15) is 0 Å². The minimum atomic E-state index is -0.514. The summed E-state index contributed by atoms with van der Waals surface area (Å²) in [6, 6.07) is 12.6. The second-order valence-corrected chi connectivity index (χ2v) is 7.05. The number of H-pyrrole nitrogens is 1. The van der Waals surface area contributed by atoms with Crippen LogP contribution in [0.4, 0.5) is 5.82 Å². The number of nitro groups is 1. The highest BCUT2D eigenvalue weighted by Gasteiger charge is 2.10. The Morgan fingerprint density at radius 1 is 1.21 bits per heavy atom. The molecule has 0 amide bonds. The predicted octanol–water partition coefficient (Wildman–Crippen LogP) is 4.22. The molecule has 0 unspecified atom stereocenters. The van der Waals surface area contributed by atoms with Crippen LogP contribution in [0.25, 0.3) is 20.2 Å². The average molecular weight is 411 g/mol. The van der Waals surface area contributed by atoms with Gasteiger partial charge in [-0.05, 0) is 42.2 Å². The largest absolute Gasteiger partial charge is 0.462 e. The van der Waals surface area contributed by atoms with Gasteiger partial charge in [-0.1, -0.05) is 12.1 Å². The Bertz CT molecular complexity index is 1260. The number of rotatable bonds is 3. The quantitative estimate of drug-likeness (QED) is 0.234. The van der Waals surface area contributed by atoms with Crippen LogP contribution in [0.3, 0.4) is 0 Å². The smallest absolute Gasteiger partial charge is 0.340 e. The lowest BCUT2D eigenvalue weighted by atomic mass is 10.1. The summed E-state index contributed by atoms with van der Waals surface area (Å²) >= 11 is 1.51. The number of nitrogens with one attached hydrogen (secondary N) is 1. The van der Waals surface area contributed by atoms with E-state index in [4.69, 9.17) is 4.74 Å². The van der Waals surface area contributed by atoms with Gasteiger partial charge in [-0.15, -0.1) is 11.3 Å². The number of aryl methyl sites for hydroxylation is 1. The number of carbonyl (C=O) groups excluding carboxylic acids is 1. The van der Waals surface area contributed by atoms with Crippen molar-refractivity contribution in [2.45, 2.75) is 13.8 Å². The third kappa shape index (κ3) is 4.46. The summed E-state index contributed by atoms with van der Waals surface area (Å²) in [5.41, 5.74) is 0.482. The maximum absolute atomic E-state index is 12.4. The van der Waals surface area contributed by atoms with E-state index in [0.717, 1.165) is 9.40 Å². The van der Waals surface area contributed by atoms with E-state index >= 15 is 0 Å². The molecule has 0 aliphatic rings. The highest BCUT2D eigenvalue weighted by Crippen LogP contribution is 2.25. The van der Waals surface area contributed by atoms with Crippen molar-refractivity contribution in [3.8, 4) is 0 Å². The Morgan fingerprint density at radius 2 is 1.93 bits per heavy atom.